The van der Waals surface area contributed by atoms with Crippen molar-refractivity contribution in [2.45, 2.75) is 27.2 Å². The summed E-state index contributed by atoms with van der Waals surface area (Å²) in [5, 5.41) is 3.05. The first-order chi connectivity index (χ1) is 16.3. The summed E-state index contributed by atoms with van der Waals surface area (Å²) in [4.78, 5) is 27.7. The number of carbonyl (C=O) groups excluding carboxylic acids is 2. The molecule has 3 aromatic carbocycles. The van der Waals surface area contributed by atoms with Gasteiger partial charge in [-0.05, 0) is 55.7 Å². The first-order valence-electron chi connectivity index (χ1n) is 11.0. The molecule has 0 atom stereocenters. The number of benzene rings is 3. The number of ether oxygens (including phenoxy) is 1. The summed E-state index contributed by atoms with van der Waals surface area (Å²) in [6.45, 7) is 6.29. The van der Waals surface area contributed by atoms with Crippen LogP contribution in [0.4, 0.5) is 20.2 Å². The maximum absolute atomic E-state index is 14.6. The molecule has 34 heavy (non-hydrogen) atoms. The largest absolute Gasteiger partial charge is 0.494 e. The fourth-order valence-electron chi connectivity index (χ4n) is 3.90. The van der Waals surface area contributed by atoms with Crippen molar-refractivity contribution in [1.29, 1.82) is 0 Å². The van der Waals surface area contributed by atoms with Crippen molar-refractivity contribution in [3.8, 4) is 5.75 Å². The third-order valence-electron chi connectivity index (χ3n) is 5.46. The molecule has 0 saturated heterocycles. The minimum Gasteiger partial charge on any atom is -0.494 e. The van der Waals surface area contributed by atoms with E-state index in [0.29, 0.717) is 29.7 Å². The number of amides is 2. The van der Waals surface area contributed by atoms with Gasteiger partial charge < -0.3 is 10.1 Å². The lowest BCUT2D eigenvalue weighted by Crippen LogP contribution is -2.33. The summed E-state index contributed by atoms with van der Waals surface area (Å²) >= 11 is 0. The normalized spacial score (nSPS) is 13.6. The molecule has 1 aliphatic heterocycles. The average molecular weight is 462 g/mol. The quantitative estimate of drug-likeness (QED) is 0.453. The van der Waals surface area contributed by atoms with Gasteiger partial charge in [0.15, 0.2) is 0 Å². The number of aryl methyl sites for hydroxylation is 2. The third kappa shape index (κ3) is 4.41. The Bertz CT molecular complexity index is 1320. The molecule has 1 N–H and O–H groups in total. The zero-order valence-electron chi connectivity index (χ0n) is 19.1. The summed E-state index contributed by atoms with van der Waals surface area (Å²) in [6, 6.07) is 15.3. The summed E-state index contributed by atoms with van der Waals surface area (Å²) in [5.41, 5.74) is 2.69. The van der Waals surface area contributed by atoms with Gasteiger partial charge in [-0.3, -0.25) is 9.59 Å². The molecular formula is C27H24F2N2O3. The third-order valence-corrected chi connectivity index (χ3v) is 5.46. The van der Waals surface area contributed by atoms with Gasteiger partial charge in [-0.1, -0.05) is 36.8 Å². The van der Waals surface area contributed by atoms with E-state index in [-0.39, 0.29) is 17.0 Å². The number of anilines is 2. The first kappa shape index (κ1) is 23.2. The molecule has 0 radical (unpaired) electrons. The van der Waals surface area contributed by atoms with E-state index in [1.54, 1.807) is 30.3 Å². The van der Waals surface area contributed by atoms with Crippen LogP contribution in [-0.2, 0) is 9.59 Å². The predicted molar refractivity (Wildman–Crippen MR) is 128 cm³/mol. The molecule has 3 aromatic rings. The number of nitrogens with zero attached hydrogens (tertiary/aromatic N) is 1. The van der Waals surface area contributed by atoms with E-state index in [4.69, 9.17) is 4.74 Å². The predicted octanol–water partition coefficient (Wildman–Crippen LogP) is 5.77. The van der Waals surface area contributed by atoms with E-state index in [0.717, 1.165) is 34.6 Å². The Kier molecular flexibility index (Phi) is 6.45. The topological polar surface area (TPSA) is 58.6 Å². The molecule has 0 aliphatic carbocycles. The number of imide groups is 1. The lowest BCUT2D eigenvalue weighted by molar-refractivity contribution is -0.120. The summed E-state index contributed by atoms with van der Waals surface area (Å²) in [5.74, 6) is -2.62. The molecular weight excluding hydrogens is 438 g/mol. The van der Waals surface area contributed by atoms with Crippen molar-refractivity contribution in [2.24, 2.45) is 0 Å². The zero-order valence-corrected chi connectivity index (χ0v) is 19.1. The number of carbonyl (C=O) groups is 2. The van der Waals surface area contributed by atoms with Crippen LogP contribution in [0.1, 0.15) is 30.0 Å². The molecule has 1 heterocycles. The van der Waals surface area contributed by atoms with Crippen LogP contribution in [0.5, 0.6) is 5.75 Å². The first-order valence-corrected chi connectivity index (χ1v) is 11.0. The fraction of sp³-hybridized carbons (Fsp3) is 0.185. The van der Waals surface area contributed by atoms with Gasteiger partial charge >= 0.3 is 0 Å². The second-order valence-corrected chi connectivity index (χ2v) is 8.11. The molecule has 0 unspecified atom stereocenters. The highest BCUT2D eigenvalue weighted by Gasteiger charge is 2.41. The van der Waals surface area contributed by atoms with Gasteiger partial charge in [-0.25, -0.2) is 13.7 Å². The van der Waals surface area contributed by atoms with Gasteiger partial charge in [0.25, 0.3) is 11.8 Å². The highest BCUT2D eigenvalue weighted by molar-refractivity contribution is 6.46. The lowest BCUT2D eigenvalue weighted by Gasteiger charge is -2.16. The van der Waals surface area contributed by atoms with Crippen LogP contribution in [-0.4, -0.2) is 18.4 Å². The molecule has 1 aliphatic rings. The molecule has 7 heteroatoms. The van der Waals surface area contributed by atoms with Crippen molar-refractivity contribution in [3.05, 3.63) is 94.7 Å². The van der Waals surface area contributed by atoms with E-state index >= 15 is 0 Å². The van der Waals surface area contributed by atoms with Crippen LogP contribution >= 0.6 is 0 Å². The van der Waals surface area contributed by atoms with E-state index in [2.05, 4.69) is 5.32 Å². The van der Waals surface area contributed by atoms with Gasteiger partial charge in [-0.2, -0.15) is 0 Å². The number of hydrogen-bond acceptors (Lipinski definition) is 4. The number of halogens is 2. The number of hydrogen-bond donors (Lipinski definition) is 1. The van der Waals surface area contributed by atoms with Crippen LogP contribution in [0.15, 0.2) is 66.4 Å². The molecule has 0 fully saturated rings. The van der Waals surface area contributed by atoms with Gasteiger partial charge in [0.1, 0.15) is 23.1 Å². The zero-order chi connectivity index (χ0) is 24.4. The maximum Gasteiger partial charge on any atom is 0.282 e. The Morgan fingerprint density at radius 1 is 0.941 bits per heavy atom. The van der Waals surface area contributed by atoms with E-state index in [1.807, 2.05) is 32.9 Å². The van der Waals surface area contributed by atoms with Gasteiger partial charge in [-0.15, -0.1) is 0 Å². The molecule has 2 amide bonds. The Labute approximate surface area is 196 Å². The van der Waals surface area contributed by atoms with Crippen molar-refractivity contribution in [2.75, 3.05) is 16.8 Å². The summed E-state index contributed by atoms with van der Waals surface area (Å²) < 4.78 is 33.7. The van der Waals surface area contributed by atoms with E-state index in [1.165, 1.54) is 0 Å². The van der Waals surface area contributed by atoms with Gasteiger partial charge in [0.05, 0.1) is 17.9 Å². The van der Waals surface area contributed by atoms with Crippen LogP contribution in [0.2, 0.25) is 0 Å². The van der Waals surface area contributed by atoms with Crippen LogP contribution in [0, 0.1) is 25.5 Å². The number of nitrogens with one attached hydrogen (secondary N) is 1. The lowest BCUT2D eigenvalue weighted by atomic mass is 9.97. The smallest absolute Gasteiger partial charge is 0.282 e. The van der Waals surface area contributed by atoms with E-state index < -0.39 is 23.4 Å². The monoisotopic (exact) mass is 462 g/mol. The average Bonchev–Trinajstić information content (AvgIpc) is 3.02. The molecule has 4 rings (SSSR count). The Balaban J connectivity index is 1.82. The molecule has 0 saturated carbocycles. The fourth-order valence-corrected chi connectivity index (χ4v) is 3.90. The highest BCUT2D eigenvalue weighted by Crippen LogP contribution is 2.36. The van der Waals surface area contributed by atoms with Crippen LogP contribution < -0.4 is 15.0 Å². The van der Waals surface area contributed by atoms with Crippen LogP contribution in [0.3, 0.4) is 0 Å². The second-order valence-electron chi connectivity index (χ2n) is 8.11. The Hall–Kier alpha value is -4.00. The summed E-state index contributed by atoms with van der Waals surface area (Å²) in [7, 11) is 0. The van der Waals surface area contributed by atoms with Crippen LogP contribution in [0.25, 0.3) is 5.57 Å². The van der Waals surface area contributed by atoms with Gasteiger partial charge in [0.2, 0.25) is 0 Å². The standard InChI is InChI=1S/C27H24F2N2O3/c1-4-12-34-20-7-5-6-19(15-20)30-25-24(21-10-8-16(2)13-17(21)3)26(32)31(27(25)33)23-11-9-18(28)14-22(23)29/h5-11,13-15,30H,4,12H2,1-3H3. The Morgan fingerprint density at radius 3 is 2.44 bits per heavy atom. The molecule has 174 valence electrons. The molecule has 5 nitrogen and oxygen atoms in total. The minimum absolute atomic E-state index is 0.00770. The molecule has 0 bridgehead atoms. The van der Waals surface area contributed by atoms with Crippen molar-refractivity contribution < 1.29 is 23.1 Å². The summed E-state index contributed by atoms with van der Waals surface area (Å²) in [6.07, 6.45) is 0.838. The molecule has 0 aromatic heterocycles. The Morgan fingerprint density at radius 2 is 1.74 bits per heavy atom. The van der Waals surface area contributed by atoms with Crippen molar-refractivity contribution in [3.63, 3.8) is 0 Å². The maximum atomic E-state index is 14.6. The van der Waals surface area contributed by atoms with Crippen molar-refractivity contribution in [1.82, 2.24) is 0 Å². The second kappa shape index (κ2) is 9.47. The molecule has 0 spiro atoms. The van der Waals surface area contributed by atoms with Crippen molar-refractivity contribution >= 4 is 28.8 Å². The highest BCUT2D eigenvalue weighted by atomic mass is 19.1. The SMILES string of the molecule is CCCOc1cccc(NC2=C(c3ccc(C)cc3C)C(=O)N(c3ccc(F)cc3F)C2=O)c1. The minimum atomic E-state index is -1.00. The van der Waals surface area contributed by atoms with E-state index in [9.17, 15) is 18.4 Å². The van der Waals surface area contributed by atoms with Gasteiger partial charge in [0, 0.05) is 17.8 Å². The number of rotatable bonds is 7.